The van der Waals surface area contributed by atoms with Crippen LogP contribution in [0.25, 0.3) is 0 Å². The summed E-state index contributed by atoms with van der Waals surface area (Å²) in [4.78, 5) is 23.5. The van der Waals surface area contributed by atoms with Crippen molar-refractivity contribution in [1.29, 1.82) is 0 Å². The molecule has 0 saturated heterocycles. The molecule has 1 amide bonds. The molecule has 2 aromatic carbocycles. The minimum Gasteiger partial charge on any atom is -0.345 e. The van der Waals surface area contributed by atoms with Crippen molar-refractivity contribution in [3.05, 3.63) is 71.3 Å². The second kappa shape index (κ2) is 6.66. The van der Waals surface area contributed by atoms with Crippen LogP contribution < -0.4 is 5.32 Å². The van der Waals surface area contributed by atoms with E-state index in [0.29, 0.717) is 6.54 Å². The molecule has 0 aromatic heterocycles. The van der Waals surface area contributed by atoms with E-state index < -0.39 is 11.7 Å². The van der Waals surface area contributed by atoms with Gasteiger partial charge in [0.15, 0.2) is 0 Å². The number of carbonyl (C=O) groups is 2. The fourth-order valence-corrected chi connectivity index (χ4v) is 1.85. The van der Waals surface area contributed by atoms with Crippen molar-refractivity contribution in [3.8, 4) is 0 Å². The van der Waals surface area contributed by atoms with Gasteiger partial charge in [-0.3, -0.25) is 9.59 Å². The molecule has 0 aliphatic carbocycles. The average Bonchev–Trinajstić information content (AvgIpc) is 2.47. The number of Topliss-reactive ketones (excluding diaryl/α,β-unsaturated/α-hetero) is 1. The molecule has 0 aliphatic rings. The van der Waals surface area contributed by atoms with E-state index in [1.165, 1.54) is 5.56 Å². The SMILES string of the molecule is Cc1ccc(CNC(=O)C(=O)Cc2ccccc2)cc1. The Morgan fingerprint density at radius 1 is 0.900 bits per heavy atom. The number of amides is 1. The Morgan fingerprint density at radius 3 is 2.20 bits per heavy atom. The van der Waals surface area contributed by atoms with Gasteiger partial charge >= 0.3 is 0 Å². The molecule has 0 spiro atoms. The van der Waals surface area contributed by atoms with Gasteiger partial charge in [0.1, 0.15) is 0 Å². The van der Waals surface area contributed by atoms with Gasteiger partial charge in [-0.05, 0) is 18.1 Å². The maximum atomic E-state index is 11.8. The van der Waals surface area contributed by atoms with Gasteiger partial charge in [0.25, 0.3) is 5.91 Å². The maximum Gasteiger partial charge on any atom is 0.287 e. The predicted molar refractivity (Wildman–Crippen MR) is 78.2 cm³/mol. The molecule has 20 heavy (non-hydrogen) atoms. The lowest BCUT2D eigenvalue weighted by molar-refractivity contribution is -0.137. The molecule has 0 unspecified atom stereocenters. The molecule has 0 heterocycles. The maximum absolute atomic E-state index is 11.8. The van der Waals surface area contributed by atoms with Crippen LogP contribution in [0.3, 0.4) is 0 Å². The van der Waals surface area contributed by atoms with E-state index in [-0.39, 0.29) is 6.42 Å². The molecule has 0 radical (unpaired) electrons. The van der Waals surface area contributed by atoms with Crippen molar-refractivity contribution in [3.63, 3.8) is 0 Å². The van der Waals surface area contributed by atoms with Crippen LogP contribution in [0.15, 0.2) is 54.6 Å². The lowest BCUT2D eigenvalue weighted by Gasteiger charge is -2.05. The summed E-state index contributed by atoms with van der Waals surface area (Å²) in [5.74, 6) is -0.947. The highest BCUT2D eigenvalue weighted by molar-refractivity contribution is 6.36. The first-order chi connectivity index (χ1) is 9.65. The monoisotopic (exact) mass is 267 g/mol. The summed E-state index contributed by atoms with van der Waals surface area (Å²) in [5.41, 5.74) is 3.00. The number of nitrogens with one attached hydrogen (secondary N) is 1. The molecule has 0 saturated carbocycles. The Labute approximate surface area is 118 Å². The summed E-state index contributed by atoms with van der Waals surface area (Å²) in [6.45, 7) is 2.38. The fourth-order valence-electron chi connectivity index (χ4n) is 1.85. The number of aryl methyl sites for hydroxylation is 1. The van der Waals surface area contributed by atoms with E-state index >= 15 is 0 Å². The minimum absolute atomic E-state index is 0.139. The van der Waals surface area contributed by atoms with Crippen LogP contribution in [0.2, 0.25) is 0 Å². The summed E-state index contributed by atoms with van der Waals surface area (Å²) >= 11 is 0. The van der Waals surface area contributed by atoms with Gasteiger partial charge < -0.3 is 5.32 Å². The fraction of sp³-hybridized carbons (Fsp3) is 0.176. The summed E-state index contributed by atoms with van der Waals surface area (Å²) in [6, 6.07) is 17.1. The van der Waals surface area contributed by atoms with Crippen molar-refractivity contribution in [1.82, 2.24) is 5.32 Å². The van der Waals surface area contributed by atoms with Gasteiger partial charge in [-0.25, -0.2) is 0 Å². The lowest BCUT2D eigenvalue weighted by Crippen LogP contribution is -2.31. The highest BCUT2D eigenvalue weighted by Crippen LogP contribution is 2.03. The molecule has 0 atom stereocenters. The third-order valence-electron chi connectivity index (χ3n) is 3.03. The van der Waals surface area contributed by atoms with E-state index in [1.54, 1.807) is 0 Å². The zero-order valence-electron chi connectivity index (χ0n) is 11.4. The quantitative estimate of drug-likeness (QED) is 0.846. The van der Waals surface area contributed by atoms with Crippen molar-refractivity contribution in [2.75, 3.05) is 0 Å². The predicted octanol–water partition coefficient (Wildman–Crippen LogP) is 2.42. The molecule has 2 aromatic rings. The number of hydrogen-bond acceptors (Lipinski definition) is 2. The van der Waals surface area contributed by atoms with Crippen LogP contribution in [-0.2, 0) is 22.6 Å². The normalized spacial score (nSPS) is 10.1. The third-order valence-corrected chi connectivity index (χ3v) is 3.03. The van der Waals surface area contributed by atoms with Gasteiger partial charge in [0, 0.05) is 13.0 Å². The summed E-state index contributed by atoms with van der Waals surface area (Å²) < 4.78 is 0. The lowest BCUT2D eigenvalue weighted by atomic mass is 10.1. The summed E-state index contributed by atoms with van der Waals surface area (Å²) in [5, 5.41) is 2.65. The number of hydrogen-bond donors (Lipinski definition) is 1. The van der Waals surface area contributed by atoms with Crippen LogP contribution in [0.5, 0.6) is 0 Å². The van der Waals surface area contributed by atoms with Crippen LogP contribution in [0, 0.1) is 6.92 Å². The number of ketones is 1. The molecule has 3 heteroatoms. The Hall–Kier alpha value is -2.42. The van der Waals surface area contributed by atoms with E-state index in [0.717, 1.165) is 11.1 Å². The zero-order valence-corrected chi connectivity index (χ0v) is 11.4. The molecule has 3 nitrogen and oxygen atoms in total. The molecule has 0 bridgehead atoms. The van der Waals surface area contributed by atoms with Crippen LogP contribution >= 0.6 is 0 Å². The molecular weight excluding hydrogens is 250 g/mol. The van der Waals surface area contributed by atoms with E-state index in [2.05, 4.69) is 5.32 Å². The van der Waals surface area contributed by atoms with Crippen molar-refractivity contribution < 1.29 is 9.59 Å². The van der Waals surface area contributed by atoms with Gasteiger partial charge in [0.2, 0.25) is 5.78 Å². The Morgan fingerprint density at radius 2 is 1.55 bits per heavy atom. The minimum atomic E-state index is -0.533. The van der Waals surface area contributed by atoms with Crippen molar-refractivity contribution >= 4 is 11.7 Å². The van der Waals surface area contributed by atoms with E-state index in [1.807, 2.05) is 61.5 Å². The first-order valence-corrected chi connectivity index (χ1v) is 6.55. The molecule has 0 aliphatic heterocycles. The van der Waals surface area contributed by atoms with Gasteiger partial charge in [-0.15, -0.1) is 0 Å². The molecular formula is C17H17NO2. The van der Waals surface area contributed by atoms with Crippen molar-refractivity contribution in [2.24, 2.45) is 0 Å². The zero-order chi connectivity index (χ0) is 14.4. The number of benzene rings is 2. The smallest absolute Gasteiger partial charge is 0.287 e. The Kier molecular flexibility index (Phi) is 4.66. The summed E-state index contributed by atoms with van der Waals surface area (Å²) in [6.07, 6.45) is 0.139. The largest absolute Gasteiger partial charge is 0.345 e. The standard InChI is InChI=1S/C17H17NO2/c1-13-7-9-15(10-8-13)12-18-17(20)16(19)11-14-5-3-2-4-6-14/h2-10H,11-12H2,1H3,(H,18,20). The Balaban J connectivity index is 1.85. The summed E-state index contributed by atoms with van der Waals surface area (Å²) in [7, 11) is 0. The van der Waals surface area contributed by atoms with Gasteiger partial charge in [0.05, 0.1) is 0 Å². The van der Waals surface area contributed by atoms with Crippen LogP contribution in [0.4, 0.5) is 0 Å². The highest BCUT2D eigenvalue weighted by atomic mass is 16.2. The Bertz CT molecular complexity index is 588. The first-order valence-electron chi connectivity index (χ1n) is 6.55. The highest BCUT2D eigenvalue weighted by Gasteiger charge is 2.13. The van der Waals surface area contributed by atoms with Gasteiger partial charge in [-0.1, -0.05) is 60.2 Å². The van der Waals surface area contributed by atoms with Crippen LogP contribution in [0.1, 0.15) is 16.7 Å². The topological polar surface area (TPSA) is 46.2 Å². The molecule has 1 N–H and O–H groups in total. The third kappa shape index (κ3) is 4.05. The number of rotatable bonds is 5. The number of carbonyl (C=O) groups excluding carboxylic acids is 2. The second-order valence-electron chi connectivity index (χ2n) is 4.75. The van der Waals surface area contributed by atoms with Gasteiger partial charge in [-0.2, -0.15) is 0 Å². The first kappa shape index (κ1) is 14.0. The van der Waals surface area contributed by atoms with E-state index in [9.17, 15) is 9.59 Å². The van der Waals surface area contributed by atoms with E-state index in [4.69, 9.17) is 0 Å². The van der Waals surface area contributed by atoms with Crippen molar-refractivity contribution in [2.45, 2.75) is 19.9 Å². The molecule has 102 valence electrons. The average molecular weight is 267 g/mol. The second-order valence-corrected chi connectivity index (χ2v) is 4.75. The van der Waals surface area contributed by atoms with Crippen LogP contribution in [-0.4, -0.2) is 11.7 Å². The molecule has 2 rings (SSSR count). The molecule has 0 fully saturated rings.